The van der Waals surface area contributed by atoms with Crippen LogP contribution in [0.4, 0.5) is 5.69 Å². The molecule has 0 saturated carbocycles. The molecule has 3 rings (SSSR count). The van der Waals surface area contributed by atoms with E-state index in [0.717, 1.165) is 0 Å². The molecule has 1 amide bonds. The van der Waals surface area contributed by atoms with Crippen LogP contribution in [0, 0.1) is 24.0 Å². The van der Waals surface area contributed by atoms with E-state index in [0.29, 0.717) is 11.1 Å². The standard InChI is InChI=1S/C21H19N5O5/c1-14-20(26(29)30)15(2)25(24-14)13-19(27)23-22-12-17-10-6-7-11-18(17)31-21(28)16-8-4-3-5-9-16/h3-12H,13H2,1-2H3,(H,23,27)/b22-12+. The Balaban J connectivity index is 1.65. The summed E-state index contributed by atoms with van der Waals surface area (Å²) in [6, 6.07) is 15.3. The van der Waals surface area contributed by atoms with Crippen LogP contribution in [0.3, 0.4) is 0 Å². The Labute approximate surface area is 177 Å². The number of aromatic nitrogens is 2. The summed E-state index contributed by atoms with van der Waals surface area (Å²) in [4.78, 5) is 35.0. The summed E-state index contributed by atoms with van der Waals surface area (Å²) in [7, 11) is 0. The maximum atomic E-state index is 12.3. The average molecular weight is 421 g/mol. The van der Waals surface area contributed by atoms with Crippen molar-refractivity contribution in [3.63, 3.8) is 0 Å². The minimum absolute atomic E-state index is 0.120. The fourth-order valence-corrected chi connectivity index (χ4v) is 2.86. The van der Waals surface area contributed by atoms with Crippen molar-refractivity contribution in [3.8, 4) is 5.75 Å². The molecule has 0 aliphatic carbocycles. The van der Waals surface area contributed by atoms with E-state index in [1.165, 1.54) is 24.7 Å². The van der Waals surface area contributed by atoms with Gasteiger partial charge in [0.1, 0.15) is 23.7 Å². The summed E-state index contributed by atoms with van der Waals surface area (Å²) in [6.07, 6.45) is 1.34. The maximum Gasteiger partial charge on any atom is 0.343 e. The lowest BCUT2D eigenvalue weighted by atomic mass is 10.2. The summed E-state index contributed by atoms with van der Waals surface area (Å²) >= 11 is 0. The van der Waals surface area contributed by atoms with E-state index in [9.17, 15) is 19.7 Å². The van der Waals surface area contributed by atoms with Crippen LogP contribution in [0.15, 0.2) is 59.7 Å². The van der Waals surface area contributed by atoms with Gasteiger partial charge in [-0.15, -0.1) is 0 Å². The summed E-state index contributed by atoms with van der Waals surface area (Å²) in [6.45, 7) is 2.79. The maximum absolute atomic E-state index is 12.3. The van der Waals surface area contributed by atoms with Crippen molar-refractivity contribution in [1.29, 1.82) is 0 Å². The number of ether oxygens (including phenoxy) is 1. The lowest BCUT2D eigenvalue weighted by Gasteiger charge is -2.07. The van der Waals surface area contributed by atoms with Gasteiger partial charge in [0, 0.05) is 5.56 Å². The highest BCUT2D eigenvalue weighted by Crippen LogP contribution is 2.21. The molecule has 0 aliphatic heterocycles. The van der Waals surface area contributed by atoms with Gasteiger partial charge in [-0.2, -0.15) is 10.2 Å². The largest absolute Gasteiger partial charge is 0.422 e. The molecule has 0 fully saturated rings. The van der Waals surface area contributed by atoms with Gasteiger partial charge in [0.2, 0.25) is 0 Å². The van der Waals surface area contributed by atoms with E-state index in [1.54, 1.807) is 54.6 Å². The van der Waals surface area contributed by atoms with Crippen LogP contribution in [0.5, 0.6) is 5.75 Å². The summed E-state index contributed by atoms with van der Waals surface area (Å²) in [5.74, 6) is -0.754. The van der Waals surface area contributed by atoms with Crippen molar-refractivity contribution in [2.24, 2.45) is 5.10 Å². The van der Waals surface area contributed by atoms with Gasteiger partial charge in [-0.3, -0.25) is 19.6 Å². The highest BCUT2D eigenvalue weighted by atomic mass is 16.6. The Morgan fingerprint density at radius 1 is 1.16 bits per heavy atom. The van der Waals surface area contributed by atoms with Gasteiger partial charge < -0.3 is 4.74 Å². The number of nitro groups is 1. The van der Waals surface area contributed by atoms with E-state index in [2.05, 4.69) is 15.6 Å². The monoisotopic (exact) mass is 421 g/mol. The van der Waals surface area contributed by atoms with Crippen LogP contribution in [-0.2, 0) is 11.3 Å². The first-order valence-corrected chi connectivity index (χ1v) is 9.23. The van der Waals surface area contributed by atoms with Gasteiger partial charge in [-0.05, 0) is 38.1 Å². The number of hydrogen-bond donors (Lipinski definition) is 1. The number of esters is 1. The highest BCUT2D eigenvalue weighted by molar-refractivity contribution is 5.93. The zero-order valence-electron chi connectivity index (χ0n) is 16.8. The number of nitrogens with zero attached hydrogens (tertiary/aromatic N) is 4. The van der Waals surface area contributed by atoms with Gasteiger partial charge in [-0.1, -0.05) is 30.3 Å². The number of hydrogen-bond acceptors (Lipinski definition) is 7. The molecule has 31 heavy (non-hydrogen) atoms. The number of hydrazone groups is 1. The first kappa shape index (κ1) is 21.4. The van der Waals surface area contributed by atoms with Crippen molar-refractivity contribution < 1.29 is 19.2 Å². The molecule has 0 bridgehead atoms. The van der Waals surface area contributed by atoms with E-state index in [1.807, 2.05) is 0 Å². The summed E-state index contributed by atoms with van der Waals surface area (Å²) in [5, 5.41) is 19.0. The molecule has 0 aliphatic rings. The molecule has 0 saturated heterocycles. The Bertz CT molecular complexity index is 1150. The van der Waals surface area contributed by atoms with E-state index in [-0.39, 0.29) is 29.4 Å². The molecule has 3 aromatic rings. The number of amides is 1. The molecule has 1 aromatic heterocycles. The normalized spacial score (nSPS) is 10.8. The zero-order valence-corrected chi connectivity index (χ0v) is 16.8. The molecule has 1 heterocycles. The molecule has 10 nitrogen and oxygen atoms in total. The average Bonchev–Trinajstić information content (AvgIpc) is 3.02. The summed E-state index contributed by atoms with van der Waals surface area (Å²) < 4.78 is 6.66. The zero-order chi connectivity index (χ0) is 22.4. The topological polar surface area (TPSA) is 129 Å². The SMILES string of the molecule is Cc1nn(CC(=O)N/N=C/c2ccccc2OC(=O)c2ccccc2)c(C)c1[N+](=O)[O-]. The van der Waals surface area contributed by atoms with Crippen LogP contribution in [0.25, 0.3) is 0 Å². The fourth-order valence-electron chi connectivity index (χ4n) is 2.86. The lowest BCUT2D eigenvalue weighted by molar-refractivity contribution is -0.386. The molecule has 0 unspecified atom stereocenters. The van der Waals surface area contributed by atoms with Gasteiger partial charge in [0.15, 0.2) is 0 Å². The van der Waals surface area contributed by atoms with Crippen molar-refractivity contribution in [1.82, 2.24) is 15.2 Å². The summed E-state index contributed by atoms with van der Waals surface area (Å²) in [5.41, 5.74) is 3.61. The number of nitrogens with one attached hydrogen (secondary N) is 1. The number of carbonyl (C=O) groups excluding carboxylic acids is 2. The third-order valence-electron chi connectivity index (χ3n) is 4.34. The van der Waals surface area contributed by atoms with Crippen molar-refractivity contribution in [2.75, 3.05) is 0 Å². The van der Waals surface area contributed by atoms with Gasteiger partial charge >= 0.3 is 11.7 Å². The van der Waals surface area contributed by atoms with Crippen LogP contribution in [0.2, 0.25) is 0 Å². The Morgan fingerprint density at radius 3 is 2.52 bits per heavy atom. The number of rotatable bonds is 7. The third-order valence-corrected chi connectivity index (χ3v) is 4.34. The van der Waals surface area contributed by atoms with Gasteiger partial charge in [-0.25, -0.2) is 10.2 Å². The molecule has 0 radical (unpaired) electrons. The molecule has 0 spiro atoms. The number of aryl methyl sites for hydroxylation is 1. The number of benzene rings is 2. The van der Waals surface area contributed by atoms with Crippen LogP contribution >= 0.6 is 0 Å². The second-order valence-corrected chi connectivity index (χ2v) is 6.52. The van der Waals surface area contributed by atoms with E-state index < -0.39 is 16.8 Å². The molecule has 158 valence electrons. The van der Waals surface area contributed by atoms with Crippen LogP contribution < -0.4 is 10.2 Å². The lowest BCUT2D eigenvalue weighted by Crippen LogP contribution is -2.24. The Kier molecular flexibility index (Phi) is 6.51. The third kappa shape index (κ3) is 5.18. The molecular weight excluding hydrogens is 402 g/mol. The Hall–Kier alpha value is -4.34. The Morgan fingerprint density at radius 2 is 1.84 bits per heavy atom. The minimum atomic E-state index is -0.530. The second-order valence-electron chi connectivity index (χ2n) is 6.52. The van der Waals surface area contributed by atoms with Crippen LogP contribution in [-0.4, -0.2) is 32.8 Å². The van der Waals surface area contributed by atoms with Crippen molar-refractivity contribution >= 4 is 23.8 Å². The van der Waals surface area contributed by atoms with Gasteiger partial charge in [0.05, 0.1) is 16.7 Å². The molecule has 0 atom stereocenters. The van der Waals surface area contributed by atoms with Crippen molar-refractivity contribution in [2.45, 2.75) is 20.4 Å². The second kappa shape index (κ2) is 9.44. The number of carbonyl (C=O) groups is 2. The molecule has 2 aromatic carbocycles. The smallest absolute Gasteiger partial charge is 0.343 e. The first-order chi connectivity index (χ1) is 14.9. The van der Waals surface area contributed by atoms with Gasteiger partial charge in [0.25, 0.3) is 5.91 Å². The van der Waals surface area contributed by atoms with Crippen molar-refractivity contribution in [3.05, 3.63) is 87.2 Å². The minimum Gasteiger partial charge on any atom is -0.422 e. The van der Waals surface area contributed by atoms with E-state index in [4.69, 9.17) is 4.74 Å². The fraction of sp³-hybridized carbons (Fsp3) is 0.143. The molecule has 10 heteroatoms. The predicted molar refractivity (Wildman–Crippen MR) is 112 cm³/mol. The predicted octanol–water partition coefficient (Wildman–Crippen LogP) is 2.78. The number of para-hydroxylation sites is 1. The first-order valence-electron chi connectivity index (χ1n) is 9.23. The van der Waals surface area contributed by atoms with E-state index >= 15 is 0 Å². The van der Waals surface area contributed by atoms with Crippen LogP contribution in [0.1, 0.15) is 27.3 Å². The quantitative estimate of drug-likeness (QED) is 0.205. The molecular formula is C21H19N5O5. The molecule has 1 N–H and O–H groups in total. The highest BCUT2D eigenvalue weighted by Gasteiger charge is 2.22.